The molecule has 152 valence electrons. The average Bonchev–Trinajstić information content (AvgIpc) is 3.08. The molecule has 0 atom stereocenters. The average molecular weight is 413 g/mol. The van der Waals surface area contributed by atoms with Gasteiger partial charge in [-0.1, -0.05) is 0 Å². The van der Waals surface area contributed by atoms with Gasteiger partial charge in [-0.25, -0.2) is 8.42 Å². The summed E-state index contributed by atoms with van der Waals surface area (Å²) in [5, 5.41) is 4.57. The zero-order valence-corrected chi connectivity index (χ0v) is 17.1. The Morgan fingerprint density at radius 3 is 2.83 bits per heavy atom. The lowest BCUT2D eigenvalue weighted by atomic mass is 10.2. The maximum Gasteiger partial charge on any atom is 0.243 e. The van der Waals surface area contributed by atoms with Gasteiger partial charge in [-0.05, 0) is 54.8 Å². The van der Waals surface area contributed by atoms with Crippen molar-refractivity contribution in [3.63, 3.8) is 0 Å². The first kappa shape index (κ1) is 18.4. The largest absolute Gasteiger partial charge is 0.493 e. The van der Waals surface area contributed by atoms with Gasteiger partial charge in [0.2, 0.25) is 10.0 Å². The minimum atomic E-state index is -3.74. The van der Waals surface area contributed by atoms with Crippen LogP contribution in [-0.4, -0.2) is 29.1 Å². The summed E-state index contributed by atoms with van der Waals surface area (Å²) in [6.45, 7) is 0.933. The van der Waals surface area contributed by atoms with Gasteiger partial charge in [-0.15, -0.1) is 0 Å². The van der Waals surface area contributed by atoms with Gasteiger partial charge in [-0.2, -0.15) is 9.40 Å². The number of aryl methyl sites for hydroxylation is 1. The molecule has 1 aliphatic carbocycles. The maximum absolute atomic E-state index is 13.5. The van der Waals surface area contributed by atoms with Crippen molar-refractivity contribution in [2.75, 3.05) is 6.61 Å². The number of nitrogens with zero attached hydrogens (tertiary/aromatic N) is 3. The van der Waals surface area contributed by atoms with Gasteiger partial charge >= 0.3 is 0 Å². The number of furan rings is 1. The molecule has 29 heavy (non-hydrogen) atoms. The van der Waals surface area contributed by atoms with Gasteiger partial charge in [0, 0.05) is 25.1 Å². The van der Waals surface area contributed by atoms with E-state index in [0.717, 1.165) is 23.4 Å². The molecule has 1 saturated carbocycles. The molecule has 1 aliphatic heterocycles. The maximum atomic E-state index is 13.5. The number of hydrogen-bond acceptors (Lipinski definition) is 5. The van der Waals surface area contributed by atoms with Gasteiger partial charge in [0.1, 0.15) is 11.5 Å². The summed E-state index contributed by atoms with van der Waals surface area (Å²) >= 11 is 0. The monoisotopic (exact) mass is 413 g/mol. The van der Waals surface area contributed by atoms with E-state index in [0.29, 0.717) is 18.3 Å². The van der Waals surface area contributed by atoms with Crippen LogP contribution in [0.3, 0.4) is 0 Å². The van der Waals surface area contributed by atoms with E-state index in [1.54, 1.807) is 36.6 Å². The number of sulfonamides is 1. The molecule has 1 aromatic carbocycles. The Morgan fingerprint density at radius 2 is 2.07 bits per heavy atom. The molecule has 0 N–H and O–H groups in total. The van der Waals surface area contributed by atoms with Crippen molar-refractivity contribution in [3.05, 3.63) is 65.4 Å². The highest BCUT2D eigenvalue weighted by molar-refractivity contribution is 7.89. The Morgan fingerprint density at radius 1 is 1.21 bits per heavy atom. The fourth-order valence-corrected chi connectivity index (χ4v) is 5.27. The molecule has 8 heteroatoms. The van der Waals surface area contributed by atoms with Crippen molar-refractivity contribution in [1.82, 2.24) is 14.1 Å². The van der Waals surface area contributed by atoms with E-state index >= 15 is 0 Å². The molecule has 7 nitrogen and oxygen atoms in total. The quantitative estimate of drug-likeness (QED) is 0.594. The molecular formula is C21H23N3O4S. The Labute approximate surface area is 169 Å². The first-order valence-corrected chi connectivity index (χ1v) is 11.3. The number of benzene rings is 1. The zero-order valence-electron chi connectivity index (χ0n) is 16.2. The summed E-state index contributed by atoms with van der Waals surface area (Å²) in [7, 11) is -1.82. The predicted molar refractivity (Wildman–Crippen MR) is 106 cm³/mol. The zero-order chi connectivity index (χ0) is 20.0. The van der Waals surface area contributed by atoms with Crippen molar-refractivity contribution < 1.29 is 17.6 Å². The lowest BCUT2D eigenvalue weighted by Gasteiger charge is -2.20. The second kappa shape index (κ2) is 7.03. The summed E-state index contributed by atoms with van der Waals surface area (Å²) in [6.07, 6.45) is 4.62. The van der Waals surface area contributed by atoms with Gasteiger partial charge in [-0.3, -0.25) is 4.68 Å². The van der Waals surface area contributed by atoms with E-state index in [1.165, 1.54) is 22.8 Å². The molecule has 0 unspecified atom stereocenters. The molecule has 0 spiro atoms. The highest BCUT2D eigenvalue weighted by Crippen LogP contribution is 2.40. The van der Waals surface area contributed by atoms with Gasteiger partial charge < -0.3 is 9.15 Å². The molecule has 3 aromatic rings. The number of fused-ring (bicyclic) bond motifs is 1. The van der Waals surface area contributed by atoms with Crippen LogP contribution in [0, 0.1) is 0 Å². The molecule has 0 bridgehead atoms. The SMILES string of the molecule is Cn1nc(CN(Cc2ccco2)S(=O)(=O)c2ccc3c(c2)CCO3)cc1C1CC1. The van der Waals surface area contributed by atoms with Crippen LogP contribution in [0.2, 0.25) is 0 Å². The van der Waals surface area contributed by atoms with Crippen LogP contribution in [-0.2, 0) is 36.6 Å². The van der Waals surface area contributed by atoms with E-state index in [1.807, 2.05) is 17.8 Å². The van der Waals surface area contributed by atoms with Gasteiger partial charge in [0.25, 0.3) is 0 Å². The number of rotatable bonds is 7. The minimum Gasteiger partial charge on any atom is -0.493 e. The second-order valence-corrected chi connectivity index (χ2v) is 9.62. The first-order valence-electron chi connectivity index (χ1n) is 9.82. The number of aromatic nitrogens is 2. The van der Waals surface area contributed by atoms with Crippen LogP contribution in [0.15, 0.2) is 52.0 Å². The van der Waals surface area contributed by atoms with E-state index < -0.39 is 10.0 Å². The molecule has 1 fully saturated rings. The Bertz CT molecular complexity index is 1130. The Balaban J connectivity index is 1.48. The third-order valence-electron chi connectivity index (χ3n) is 5.51. The van der Waals surface area contributed by atoms with Crippen LogP contribution in [0.5, 0.6) is 5.75 Å². The molecular weight excluding hydrogens is 390 g/mol. The highest BCUT2D eigenvalue weighted by atomic mass is 32.2. The molecule has 2 aliphatic rings. The molecule has 0 radical (unpaired) electrons. The van der Waals surface area contributed by atoms with Crippen LogP contribution in [0.4, 0.5) is 0 Å². The molecule has 5 rings (SSSR count). The van der Waals surface area contributed by atoms with E-state index in [9.17, 15) is 8.42 Å². The topological polar surface area (TPSA) is 77.6 Å². The van der Waals surface area contributed by atoms with E-state index in [-0.39, 0.29) is 18.0 Å². The summed E-state index contributed by atoms with van der Waals surface area (Å²) in [6, 6.07) is 10.7. The predicted octanol–water partition coefficient (Wildman–Crippen LogP) is 3.22. The highest BCUT2D eigenvalue weighted by Gasteiger charge is 2.31. The minimum absolute atomic E-state index is 0.151. The molecule has 0 amide bonds. The Hall–Kier alpha value is -2.58. The smallest absolute Gasteiger partial charge is 0.243 e. The Kier molecular flexibility index (Phi) is 4.48. The fraction of sp³-hybridized carbons (Fsp3) is 0.381. The molecule has 2 aromatic heterocycles. The van der Waals surface area contributed by atoms with Crippen LogP contribution >= 0.6 is 0 Å². The summed E-state index contributed by atoms with van der Waals surface area (Å²) in [5.41, 5.74) is 2.84. The third-order valence-corrected chi connectivity index (χ3v) is 7.30. The van der Waals surface area contributed by atoms with Crippen molar-refractivity contribution in [1.29, 1.82) is 0 Å². The van der Waals surface area contributed by atoms with Gasteiger partial charge in [0.15, 0.2) is 0 Å². The summed E-state index contributed by atoms with van der Waals surface area (Å²) in [4.78, 5) is 0.270. The fourth-order valence-electron chi connectivity index (χ4n) is 3.84. The van der Waals surface area contributed by atoms with Crippen molar-refractivity contribution in [2.24, 2.45) is 7.05 Å². The van der Waals surface area contributed by atoms with Crippen molar-refractivity contribution in [2.45, 2.75) is 43.2 Å². The van der Waals surface area contributed by atoms with E-state index in [4.69, 9.17) is 9.15 Å². The lowest BCUT2D eigenvalue weighted by Crippen LogP contribution is -2.30. The van der Waals surface area contributed by atoms with Crippen molar-refractivity contribution in [3.8, 4) is 5.75 Å². The van der Waals surface area contributed by atoms with Crippen LogP contribution in [0.1, 0.15) is 41.5 Å². The number of hydrogen-bond donors (Lipinski definition) is 0. The lowest BCUT2D eigenvalue weighted by molar-refractivity contribution is 0.354. The van der Waals surface area contributed by atoms with Gasteiger partial charge in [0.05, 0.1) is 36.5 Å². The normalized spacial score (nSPS) is 16.2. The molecule has 0 saturated heterocycles. The summed E-state index contributed by atoms with van der Waals surface area (Å²) < 4.78 is 41.3. The number of ether oxygens (including phenoxy) is 1. The third kappa shape index (κ3) is 3.58. The molecule has 3 heterocycles. The summed E-state index contributed by atoms with van der Waals surface area (Å²) in [5.74, 6) is 1.91. The standard InChI is InChI=1S/C21H23N3O4S/c1-23-20(15-4-5-15)12-17(22-23)13-24(14-18-3-2-9-27-18)29(25,26)19-6-7-21-16(11-19)8-10-28-21/h2-3,6-7,9,11-12,15H,4-5,8,10,13-14H2,1H3. The van der Waals surface area contributed by atoms with Crippen LogP contribution < -0.4 is 4.74 Å². The van der Waals surface area contributed by atoms with Crippen LogP contribution in [0.25, 0.3) is 0 Å². The van der Waals surface area contributed by atoms with E-state index in [2.05, 4.69) is 5.10 Å². The van der Waals surface area contributed by atoms with Crippen molar-refractivity contribution >= 4 is 10.0 Å². The second-order valence-electron chi connectivity index (χ2n) is 7.68. The first-order chi connectivity index (χ1) is 14.0.